The lowest BCUT2D eigenvalue weighted by Gasteiger charge is -2.21. The van der Waals surface area contributed by atoms with Gasteiger partial charge in [0.25, 0.3) is 5.56 Å². The van der Waals surface area contributed by atoms with Crippen LogP contribution in [0.1, 0.15) is 56.3 Å². The van der Waals surface area contributed by atoms with Gasteiger partial charge in [-0.1, -0.05) is 19.8 Å². The summed E-state index contributed by atoms with van der Waals surface area (Å²) in [5, 5.41) is 0. The summed E-state index contributed by atoms with van der Waals surface area (Å²) in [6, 6.07) is 0. The molecule has 1 aromatic heterocycles. The maximum Gasteiger partial charge on any atom is 0.256 e. The standard InChI is InChI=1S/C14H21N3O/c1-2-3-10-12(15)16-13(17-14(10)18)11-7-8-4-5-9(11)6-8/h8-9,11H,2-7H2,1H3,(H3,15,16,17,18). The number of H-pyrrole nitrogens is 1. The first-order valence-corrected chi connectivity index (χ1v) is 7.07. The Kier molecular flexibility index (Phi) is 2.88. The Bertz CT molecular complexity index is 508. The normalized spacial score (nSPS) is 29.9. The maximum absolute atomic E-state index is 12.0. The van der Waals surface area contributed by atoms with Gasteiger partial charge in [0.15, 0.2) is 0 Å². The van der Waals surface area contributed by atoms with Gasteiger partial charge in [0, 0.05) is 5.92 Å². The van der Waals surface area contributed by atoms with E-state index in [0.29, 0.717) is 23.7 Å². The summed E-state index contributed by atoms with van der Waals surface area (Å²) in [5.41, 5.74) is 6.57. The fourth-order valence-electron chi connectivity index (χ4n) is 3.78. The highest BCUT2D eigenvalue weighted by Crippen LogP contribution is 2.51. The molecule has 0 saturated heterocycles. The van der Waals surface area contributed by atoms with Crippen molar-refractivity contribution in [1.29, 1.82) is 0 Å². The van der Waals surface area contributed by atoms with Crippen molar-refractivity contribution < 1.29 is 0 Å². The van der Waals surface area contributed by atoms with Crippen molar-refractivity contribution in [2.45, 2.75) is 51.4 Å². The molecule has 4 heteroatoms. The van der Waals surface area contributed by atoms with Gasteiger partial charge in [-0.15, -0.1) is 0 Å². The molecule has 2 bridgehead atoms. The summed E-state index contributed by atoms with van der Waals surface area (Å²) < 4.78 is 0. The molecule has 0 radical (unpaired) electrons. The van der Waals surface area contributed by atoms with E-state index in [0.717, 1.165) is 24.1 Å². The van der Waals surface area contributed by atoms with Gasteiger partial charge < -0.3 is 10.7 Å². The minimum Gasteiger partial charge on any atom is -0.383 e. The van der Waals surface area contributed by atoms with E-state index in [1.54, 1.807) is 0 Å². The molecule has 0 amide bonds. The number of aromatic nitrogens is 2. The van der Waals surface area contributed by atoms with E-state index in [2.05, 4.69) is 9.97 Å². The van der Waals surface area contributed by atoms with Crippen LogP contribution in [0, 0.1) is 11.8 Å². The Morgan fingerprint density at radius 2 is 2.22 bits per heavy atom. The zero-order valence-electron chi connectivity index (χ0n) is 10.9. The van der Waals surface area contributed by atoms with Crippen LogP contribution in [0.25, 0.3) is 0 Å². The monoisotopic (exact) mass is 247 g/mol. The molecule has 2 aliphatic carbocycles. The molecule has 3 N–H and O–H groups in total. The van der Waals surface area contributed by atoms with Crippen LogP contribution in [0.5, 0.6) is 0 Å². The lowest BCUT2D eigenvalue weighted by atomic mass is 9.88. The topological polar surface area (TPSA) is 71.8 Å². The number of fused-ring (bicyclic) bond motifs is 2. The Hall–Kier alpha value is -1.32. The smallest absolute Gasteiger partial charge is 0.256 e. The third kappa shape index (κ3) is 1.84. The van der Waals surface area contributed by atoms with Gasteiger partial charge >= 0.3 is 0 Å². The van der Waals surface area contributed by atoms with Crippen LogP contribution in [-0.4, -0.2) is 9.97 Å². The summed E-state index contributed by atoms with van der Waals surface area (Å²) in [6.45, 7) is 2.04. The van der Waals surface area contributed by atoms with Crippen molar-refractivity contribution in [3.8, 4) is 0 Å². The second-order valence-electron chi connectivity index (χ2n) is 5.85. The van der Waals surface area contributed by atoms with E-state index >= 15 is 0 Å². The fraction of sp³-hybridized carbons (Fsp3) is 0.714. The first kappa shape index (κ1) is 11.8. The van der Waals surface area contributed by atoms with Gasteiger partial charge in [-0.3, -0.25) is 4.79 Å². The average molecular weight is 247 g/mol. The second kappa shape index (κ2) is 4.41. The summed E-state index contributed by atoms with van der Waals surface area (Å²) >= 11 is 0. The molecule has 3 unspecified atom stereocenters. The van der Waals surface area contributed by atoms with E-state index in [9.17, 15) is 4.79 Å². The number of hydrogen-bond acceptors (Lipinski definition) is 3. The van der Waals surface area contributed by atoms with Crippen LogP contribution < -0.4 is 11.3 Å². The summed E-state index contributed by atoms with van der Waals surface area (Å²) in [7, 11) is 0. The van der Waals surface area contributed by atoms with Crippen molar-refractivity contribution >= 4 is 5.82 Å². The Labute approximate surface area is 107 Å². The molecule has 1 aromatic rings. The van der Waals surface area contributed by atoms with Crippen molar-refractivity contribution in [1.82, 2.24) is 9.97 Å². The van der Waals surface area contributed by atoms with Crippen molar-refractivity contribution in [2.24, 2.45) is 11.8 Å². The van der Waals surface area contributed by atoms with Crippen LogP contribution >= 0.6 is 0 Å². The third-order valence-corrected chi connectivity index (χ3v) is 4.66. The summed E-state index contributed by atoms with van der Waals surface area (Å²) in [6.07, 6.45) is 6.77. The van der Waals surface area contributed by atoms with Crippen molar-refractivity contribution in [3.63, 3.8) is 0 Å². The number of nitrogens with one attached hydrogen (secondary N) is 1. The SMILES string of the molecule is CCCc1c(N)nc(C2CC3CCC2C3)[nH]c1=O. The number of anilines is 1. The molecule has 18 heavy (non-hydrogen) atoms. The molecule has 0 spiro atoms. The molecular weight excluding hydrogens is 226 g/mol. The average Bonchev–Trinajstić information content (AvgIpc) is 2.95. The van der Waals surface area contributed by atoms with Crippen molar-refractivity contribution in [2.75, 3.05) is 5.73 Å². The number of aromatic amines is 1. The Balaban J connectivity index is 1.92. The fourth-order valence-corrected chi connectivity index (χ4v) is 3.78. The van der Waals surface area contributed by atoms with Gasteiger partial charge in [-0.25, -0.2) is 4.98 Å². The molecule has 2 saturated carbocycles. The Morgan fingerprint density at radius 3 is 2.78 bits per heavy atom. The first-order valence-electron chi connectivity index (χ1n) is 7.07. The zero-order chi connectivity index (χ0) is 12.7. The van der Waals surface area contributed by atoms with E-state index < -0.39 is 0 Å². The van der Waals surface area contributed by atoms with Crippen LogP contribution in [0.2, 0.25) is 0 Å². The van der Waals surface area contributed by atoms with Gasteiger partial charge in [0.2, 0.25) is 0 Å². The minimum atomic E-state index is -0.0258. The van der Waals surface area contributed by atoms with E-state index in [4.69, 9.17) is 5.73 Å². The molecule has 3 atom stereocenters. The highest BCUT2D eigenvalue weighted by atomic mass is 16.1. The van der Waals surface area contributed by atoms with Crippen LogP contribution in [-0.2, 0) is 6.42 Å². The lowest BCUT2D eigenvalue weighted by molar-refractivity contribution is 0.404. The summed E-state index contributed by atoms with van der Waals surface area (Å²) in [5.74, 6) is 3.29. The molecular formula is C14H21N3O. The quantitative estimate of drug-likeness (QED) is 0.860. The zero-order valence-corrected chi connectivity index (χ0v) is 10.9. The predicted molar refractivity (Wildman–Crippen MR) is 71.5 cm³/mol. The maximum atomic E-state index is 12.0. The predicted octanol–water partition coefficient (Wildman–Crippen LogP) is 2.21. The van der Waals surface area contributed by atoms with E-state index in [1.807, 2.05) is 6.92 Å². The molecule has 3 rings (SSSR count). The molecule has 0 aliphatic heterocycles. The number of nitrogens with zero attached hydrogens (tertiary/aromatic N) is 1. The van der Waals surface area contributed by atoms with Gasteiger partial charge in [0.05, 0.1) is 5.56 Å². The van der Waals surface area contributed by atoms with Crippen LogP contribution in [0.15, 0.2) is 4.79 Å². The first-order chi connectivity index (χ1) is 8.69. The third-order valence-electron chi connectivity index (χ3n) is 4.66. The van der Waals surface area contributed by atoms with Crippen molar-refractivity contribution in [3.05, 3.63) is 21.7 Å². The van der Waals surface area contributed by atoms with Gasteiger partial charge in [0.1, 0.15) is 11.6 Å². The second-order valence-corrected chi connectivity index (χ2v) is 5.85. The number of nitrogens with two attached hydrogens (primary N) is 1. The van der Waals surface area contributed by atoms with Gasteiger partial charge in [-0.2, -0.15) is 0 Å². The Morgan fingerprint density at radius 1 is 1.39 bits per heavy atom. The van der Waals surface area contributed by atoms with Gasteiger partial charge in [-0.05, 0) is 37.5 Å². The molecule has 2 aliphatic rings. The number of rotatable bonds is 3. The minimum absolute atomic E-state index is 0.0258. The van der Waals surface area contributed by atoms with E-state index in [-0.39, 0.29) is 5.56 Å². The molecule has 2 fully saturated rings. The lowest BCUT2D eigenvalue weighted by Crippen LogP contribution is -2.23. The molecule has 0 aromatic carbocycles. The van der Waals surface area contributed by atoms with Crippen LogP contribution in [0.4, 0.5) is 5.82 Å². The highest BCUT2D eigenvalue weighted by Gasteiger charge is 2.41. The number of hydrogen-bond donors (Lipinski definition) is 2. The highest BCUT2D eigenvalue weighted by molar-refractivity contribution is 5.38. The summed E-state index contributed by atoms with van der Waals surface area (Å²) in [4.78, 5) is 19.5. The largest absolute Gasteiger partial charge is 0.383 e. The number of nitrogen functional groups attached to an aromatic ring is 1. The molecule has 1 heterocycles. The molecule has 4 nitrogen and oxygen atoms in total. The molecule has 98 valence electrons. The van der Waals surface area contributed by atoms with Crippen LogP contribution in [0.3, 0.4) is 0 Å². The van der Waals surface area contributed by atoms with E-state index in [1.165, 1.54) is 25.7 Å².